The molecule has 1 heterocycles. The highest BCUT2D eigenvalue weighted by molar-refractivity contribution is 7.98. The lowest BCUT2D eigenvalue weighted by Gasteiger charge is -2.04. The molecule has 88 valence electrons. The van der Waals surface area contributed by atoms with Crippen LogP contribution in [-0.4, -0.2) is 16.2 Å². The van der Waals surface area contributed by atoms with Crippen LogP contribution in [0, 0.1) is 6.92 Å². The minimum absolute atomic E-state index is 0.171. The summed E-state index contributed by atoms with van der Waals surface area (Å²) in [5.74, 6) is -0.0931. The third-order valence-corrected chi connectivity index (χ3v) is 2.92. The first-order chi connectivity index (χ1) is 8.15. The van der Waals surface area contributed by atoms with E-state index in [4.69, 9.17) is 4.42 Å². The van der Waals surface area contributed by atoms with Crippen molar-refractivity contribution in [1.29, 1.82) is 0 Å². The third-order valence-electron chi connectivity index (χ3n) is 2.03. The van der Waals surface area contributed by atoms with Crippen LogP contribution in [0.4, 0.5) is 0 Å². The van der Waals surface area contributed by atoms with Crippen molar-refractivity contribution in [3.63, 3.8) is 0 Å². The quantitative estimate of drug-likeness (QED) is 0.753. The van der Waals surface area contributed by atoms with Gasteiger partial charge in [0, 0.05) is 12.7 Å². The number of aromatic nitrogens is 2. The largest absolute Gasteiger partial charge is 0.545 e. The van der Waals surface area contributed by atoms with E-state index in [2.05, 4.69) is 10.2 Å². The molecule has 0 fully saturated rings. The molecule has 0 amide bonds. The Kier molecular flexibility index (Phi) is 3.43. The van der Waals surface area contributed by atoms with Crippen LogP contribution in [0.1, 0.15) is 21.8 Å². The number of aryl methyl sites for hydroxylation is 1. The second kappa shape index (κ2) is 5.01. The summed E-state index contributed by atoms with van der Waals surface area (Å²) in [6.45, 7) is 1.72. The molecule has 1 aromatic heterocycles. The van der Waals surface area contributed by atoms with E-state index >= 15 is 0 Å². The van der Waals surface area contributed by atoms with Crippen LogP contribution >= 0.6 is 11.8 Å². The van der Waals surface area contributed by atoms with Crippen LogP contribution in [0.2, 0.25) is 0 Å². The van der Waals surface area contributed by atoms with Gasteiger partial charge in [-0.3, -0.25) is 0 Å². The predicted molar refractivity (Wildman–Crippen MR) is 59.4 cm³/mol. The minimum Gasteiger partial charge on any atom is -0.545 e. The molecular formula is C11H9N2O3S-. The number of carboxylic acids is 1. The van der Waals surface area contributed by atoms with E-state index in [9.17, 15) is 9.90 Å². The first-order valence-corrected chi connectivity index (χ1v) is 5.87. The number of hydrogen-bond donors (Lipinski definition) is 0. The van der Waals surface area contributed by atoms with Gasteiger partial charge < -0.3 is 14.3 Å². The topological polar surface area (TPSA) is 79.0 Å². The Morgan fingerprint density at radius 3 is 2.94 bits per heavy atom. The number of benzene rings is 1. The van der Waals surface area contributed by atoms with Gasteiger partial charge in [0.2, 0.25) is 5.89 Å². The summed E-state index contributed by atoms with van der Waals surface area (Å²) in [6.07, 6.45) is 0. The molecule has 0 spiro atoms. The highest BCUT2D eigenvalue weighted by Gasteiger charge is 2.04. The van der Waals surface area contributed by atoms with E-state index in [1.165, 1.54) is 17.8 Å². The fourth-order valence-corrected chi connectivity index (χ4v) is 2.02. The molecule has 0 aliphatic rings. The number of carboxylic acid groups (broad SMARTS) is 1. The van der Waals surface area contributed by atoms with Crippen molar-refractivity contribution >= 4 is 17.7 Å². The van der Waals surface area contributed by atoms with Gasteiger partial charge in [0.1, 0.15) is 0 Å². The summed E-state index contributed by atoms with van der Waals surface area (Å²) in [4.78, 5) is 10.7. The molecule has 17 heavy (non-hydrogen) atoms. The van der Waals surface area contributed by atoms with Crippen molar-refractivity contribution in [3.05, 3.63) is 41.3 Å². The average Bonchev–Trinajstić information content (AvgIpc) is 2.73. The van der Waals surface area contributed by atoms with E-state index in [0.717, 1.165) is 5.56 Å². The van der Waals surface area contributed by atoms with Crippen LogP contribution in [0.15, 0.2) is 33.9 Å². The molecule has 1 aromatic carbocycles. The number of carbonyl (C=O) groups excluding carboxylic acids is 1. The molecule has 0 saturated heterocycles. The van der Waals surface area contributed by atoms with Crippen molar-refractivity contribution in [2.24, 2.45) is 0 Å². The average molecular weight is 249 g/mol. The fourth-order valence-electron chi connectivity index (χ4n) is 1.27. The van der Waals surface area contributed by atoms with Gasteiger partial charge in [-0.05, 0) is 17.2 Å². The Labute approximate surface area is 102 Å². The maximum absolute atomic E-state index is 10.7. The summed E-state index contributed by atoms with van der Waals surface area (Å²) in [5.41, 5.74) is 1.04. The molecular weight excluding hydrogens is 240 g/mol. The molecule has 2 aromatic rings. The van der Waals surface area contributed by atoms with Gasteiger partial charge in [-0.15, -0.1) is 10.2 Å². The molecule has 0 unspecified atom stereocenters. The third kappa shape index (κ3) is 3.07. The highest BCUT2D eigenvalue weighted by atomic mass is 32.2. The van der Waals surface area contributed by atoms with Crippen molar-refractivity contribution in [3.8, 4) is 0 Å². The highest BCUT2D eigenvalue weighted by Crippen LogP contribution is 2.21. The fraction of sp³-hybridized carbons (Fsp3) is 0.182. The SMILES string of the molecule is Cc1nnc(SCc2cccc(C(=O)[O-])c2)o1. The number of hydrogen-bond acceptors (Lipinski definition) is 6. The molecule has 0 atom stereocenters. The van der Waals surface area contributed by atoms with Crippen molar-refractivity contribution in [2.75, 3.05) is 0 Å². The standard InChI is InChI=1S/C11H10N2O3S/c1-7-12-13-11(16-7)17-6-8-3-2-4-9(5-8)10(14)15/h2-5H,6H2,1H3,(H,14,15)/p-1. The molecule has 0 saturated carbocycles. The minimum atomic E-state index is -1.18. The number of aromatic carboxylic acids is 1. The van der Waals surface area contributed by atoms with E-state index in [1.54, 1.807) is 19.1 Å². The zero-order valence-electron chi connectivity index (χ0n) is 9.04. The molecule has 6 heteroatoms. The van der Waals surface area contributed by atoms with Gasteiger partial charge in [0.25, 0.3) is 5.22 Å². The van der Waals surface area contributed by atoms with E-state index in [1.807, 2.05) is 6.07 Å². The van der Waals surface area contributed by atoms with Gasteiger partial charge in [0.05, 0.1) is 5.97 Å². The summed E-state index contributed by atoms with van der Waals surface area (Å²) in [5, 5.41) is 18.7. The zero-order chi connectivity index (χ0) is 12.3. The van der Waals surface area contributed by atoms with E-state index < -0.39 is 5.97 Å². The molecule has 0 aliphatic carbocycles. The van der Waals surface area contributed by atoms with Crippen LogP contribution < -0.4 is 5.11 Å². The van der Waals surface area contributed by atoms with Gasteiger partial charge in [-0.2, -0.15) is 0 Å². The summed E-state index contributed by atoms with van der Waals surface area (Å²) < 4.78 is 5.19. The lowest BCUT2D eigenvalue weighted by atomic mass is 10.1. The predicted octanol–water partition coefficient (Wildman–Crippen LogP) is 1.03. The Morgan fingerprint density at radius 1 is 1.47 bits per heavy atom. The lowest BCUT2D eigenvalue weighted by molar-refractivity contribution is -0.255. The van der Waals surface area contributed by atoms with E-state index in [0.29, 0.717) is 16.9 Å². The van der Waals surface area contributed by atoms with Crippen LogP contribution in [0.3, 0.4) is 0 Å². The number of rotatable bonds is 4. The van der Waals surface area contributed by atoms with Crippen molar-refractivity contribution in [1.82, 2.24) is 10.2 Å². The van der Waals surface area contributed by atoms with Gasteiger partial charge in [-0.25, -0.2) is 0 Å². The number of carbonyl (C=O) groups is 1. The Balaban J connectivity index is 2.04. The van der Waals surface area contributed by atoms with Gasteiger partial charge in [-0.1, -0.05) is 30.0 Å². The zero-order valence-corrected chi connectivity index (χ0v) is 9.86. The van der Waals surface area contributed by atoms with Gasteiger partial charge in [0.15, 0.2) is 0 Å². The number of thioether (sulfide) groups is 1. The van der Waals surface area contributed by atoms with E-state index in [-0.39, 0.29) is 5.56 Å². The summed E-state index contributed by atoms with van der Waals surface area (Å²) in [6, 6.07) is 6.59. The summed E-state index contributed by atoms with van der Waals surface area (Å²) >= 11 is 1.36. The molecule has 0 bridgehead atoms. The molecule has 0 N–H and O–H groups in total. The molecule has 0 radical (unpaired) electrons. The first-order valence-electron chi connectivity index (χ1n) is 4.88. The monoisotopic (exact) mass is 249 g/mol. The molecule has 2 rings (SSSR count). The maximum atomic E-state index is 10.7. The van der Waals surface area contributed by atoms with Crippen molar-refractivity contribution < 1.29 is 14.3 Å². The Bertz CT molecular complexity index is 539. The molecule has 0 aliphatic heterocycles. The lowest BCUT2D eigenvalue weighted by Crippen LogP contribution is -2.22. The Morgan fingerprint density at radius 2 is 2.29 bits per heavy atom. The Hall–Kier alpha value is -1.82. The second-order valence-electron chi connectivity index (χ2n) is 3.36. The summed E-state index contributed by atoms with van der Waals surface area (Å²) in [7, 11) is 0. The van der Waals surface area contributed by atoms with Gasteiger partial charge >= 0.3 is 0 Å². The van der Waals surface area contributed by atoms with Crippen LogP contribution in [0.25, 0.3) is 0 Å². The second-order valence-corrected chi connectivity index (χ2v) is 4.29. The van der Waals surface area contributed by atoms with Crippen LogP contribution in [-0.2, 0) is 5.75 Å². The smallest absolute Gasteiger partial charge is 0.276 e. The normalized spacial score (nSPS) is 10.4. The maximum Gasteiger partial charge on any atom is 0.276 e. The first kappa shape index (κ1) is 11.7. The molecule has 5 nitrogen and oxygen atoms in total. The van der Waals surface area contributed by atoms with Crippen LogP contribution in [0.5, 0.6) is 0 Å². The van der Waals surface area contributed by atoms with Crippen molar-refractivity contribution in [2.45, 2.75) is 17.9 Å². The number of nitrogens with zero attached hydrogens (tertiary/aromatic N) is 2.